The first-order valence-electron chi connectivity index (χ1n) is 8.36. The van der Waals surface area contributed by atoms with Crippen LogP contribution in [0.15, 0.2) is 24.3 Å². The predicted octanol–water partition coefficient (Wildman–Crippen LogP) is 2.48. The fraction of sp³-hybridized carbons (Fsp3) is 0.588. The van der Waals surface area contributed by atoms with Crippen molar-refractivity contribution in [1.29, 1.82) is 0 Å². The lowest BCUT2D eigenvalue weighted by Crippen LogP contribution is -2.54. The molecule has 2 aliphatic rings. The predicted molar refractivity (Wildman–Crippen MR) is 92.0 cm³/mol. The van der Waals surface area contributed by atoms with Gasteiger partial charge in [0, 0.05) is 42.9 Å². The number of urea groups is 1. The number of halogens is 1. The molecule has 0 atom stereocenters. The van der Waals surface area contributed by atoms with E-state index >= 15 is 0 Å². The number of benzene rings is 1. The molecule has 0 unspecified atom stereocenters. The fourth-order valence-electron chi connectivity index (χ4n) is 3.33. The maximum atomic E-state index is 12.4. The normalized spacial score (nSPS) is 25.3. The number of nitrogens with one attached hydrogen (secondary N) is 1. The number of hydrogen-bond acceptors (Lipinski definition) is 3. The molecule has 3 rings (SSSR count). The summed E-state index contributed by atoms with van der Waals surface area (Å²) in [6.07, 6.45) is 3.12. The van der Waals surface area contributed by atoms with Crippen LogP contribution in [0.25, 0.3) is 0 Å². The molecule has 0 bridgehead atoms. The molecule has 126 valence electrons. The van der Waals surface area contributed by atoms with Crippen molar-refractivity contribution in [3.05, 3.63) is 29.3 Å². The van der Waals surface area contributed by atoms with Gasteiger partial charge in [0.15, 0.2) is 0 Å². The molecule has 1 heterocycles. The lowest BCUT2D eigenvalue weighted by molar-refractivity contribution is 0.115. The summed E-state index contributed by atoms with van der Waals surface area (Å²) in [5, 5.41) is 13.4. The quantitative estimate of drug-likeness (QED) is 0.871. The Balaban J connectivity index is 1.47. The molecule has 0 spiro atoms. The minimum absolute atomic E-state index is 0.0251. The largest absolute Gasteiger partial charge is 0.393 e. The molecule has 1 saturated carbocycles. The number of rotatable bonds is 2. The van der Waals surface area contributed by atoms with Crippen molar-refractivity contribution in [1.82, 2.24) is 10.2 Å². The number of amides is 2. The molecule has 1 aromatic carbocycles. The van der Waals surface area contributed by atoms with E-state index in [2.05, 4.69) is 16.3 Å². The summed E-state index contributed by atoms with van der Waals surface area (Å²) in [6.45, 7) is 3.07. The van der Waals surface area contributed by atoms with Crippen LogP contribution < -0.4 is 10.2 Å². The first-order valence-corrected chi connectivity index (χ1v) is 8.73. The van der Waals surface area contributed by atoms with Gasteiger partial charge in [-0.25, -0.2) is 4.79 Å². The van der Waals surface area contributed by atoms with Gasteiger partial charge in [-0.05, 0) is 43.9 Å². The lowest BCUT2D eigenvalue weighted by atomic mass is 9.93. The molecule has 0 radical (unpaired) electrons. The van der Waals surface area contributed by atoms with Crippen molar-refractivity contribution in [2.24, 2.45) is 0 Å². The second kappa shape index (κ2) is 7.41. The zero-order valence-electron chi connectivity index (χ0n) is 13.2. The number of piperazine rings is 1. The van der Waals surface area contributed by atoms with Crippen LogP contribution in [-0.2, 0) is 0 Å². The first kappa shape index (κ1) is 16.4. The molecule has 1 aliphatic heterocycles. The average molecular weight is 338 g/mol. The van der Waals surface area contributed by atoms with Gasteiger partial charge in [0.25, 0.3) is 0 Å². The van der Waals surface area contributed by atoms with E-state index < -0.39 is 0 Å². The van der Waals surface area contributed by atoms with Gasteiger partial charge in [0.1, 0.15) is 0 Å². The van der Waals surface area contributed by atoms with E-state index in [-0.39, 0.29) is 18.2 Å². The van der Waals surface area contributed by atoms with Gasteiger partial charge in [0.2, 0.25) is 0 Å². The summed E-state index contributed by atoms with van der Waals surface area (Å²) < 4.78 is 0. The molecule has 0 aromatic heterocycles. The summed E-state index contributed by atoms with van der Waals surface area (Å²) in [6, 6.07) is 8.07. The highest BCUT2D eigenvalue weighted by Crippen LogP contribution is 2.21. The summed E-state index contributed by atoms with van der Waals surface area (Å²) >= 11 is 6.04. The van der Waals surface area contributed by atoms with Gasteiger partial charge in [-0.3, -0.25) is 0 Å². The molecule has 6 heteroatoms. The van der Waals surface area contributed by atoms with Crippen molar-refractivity contribution in [3.63, 3.8) is 0 Å². The topological polar surface area (TPSA) is 55.8 Å². The highest BCUT2D eigenvalue weighted by molar-refractivity contribution is 6.30. The lowest BCUT2D eigenvalue weighted by Gasteiger charge is -2.37. The van der Waals surface area contributed by atoms with Crippen molar-refractivity contribution >= 4 is 23.3 Å². The molecular formula is C17H24ClN3O2. The van der Waals surface area contributed by atoms with Crippen LogP contribution in [0.5, 0.6) is 0 Å². The summed E-state index contributed by atoms with van der Waals surface area (Å²) in [5.74, 6) is 0. The maximum Gasteiger partial charge on any atom is 0.317 e. The second-order valence-corrected chi connectivity index (χ2v) is 6.85. The molecule has 2 amide bonds. The van der Waals surface area contributed by atoms with Gasteiger partial charge in [-0.15, -0.1) is 0 Å². The maximum absolute atomic E-state index is 12.4. The molecule has 5 nitrogen and oxygen atoms in total. The smallest absolute Gasteiger partial charge is 0.317 e. The summed E-state index contributed by atoms with van der Waals surface area (Å²) in [7, 11) is 0. The number of carbonyl (C=O) groups excluding carboxylic acids is 1. The SMILES string of the molecule is O=C(NC1CCC(O)CC1)N1CCN(c2cccc(Cl)c2)CC1. The van der Waals surface area contributed by atoms with Gasteiger partial charge < -0.3 is 20.2 Å². The summed E-state index contributed by atoms with van der Waals surface area (Å²) in [5.41, 5.74) is 1.11. The van der Waals surface area contributed by atoms with Gasteiger partial charge in [0.05, 0.1) is 6.10 Å². The van der Waals surface area contributed by atoms with Gasteiger partial charge >= 0.3 is 6.03 Å². The molecule has 2 N–H and O–H groups in total. The van der Waals surface area contributed by atoms with Crippen LogP contribution >= 0.6 is 11.6 Å². The number of hydrogen-bond donors (Lipinski definition) is 2. The number of aliphatic hydroxyl groups excluding tert-OH is 1. The molecule has 1 aromatic rings. The van der Waals surface area contributed by atoms with Crippen LogP contribution in [0.2, 0.25) is 5.02 Å². The van der Waals surface area contributed by atoms with Crippen LogP contribution in [-0.4, -0.2) is 54.4 Å². The Kier molecular flexibility index (Phi) is 5.28. The Morgan fingerprint density at radius 3 is 2.48 bits per heavy atom. The Morgan fingerprint density at radius 1 is 1.13 bits per heavy atom. The van der Waals surface area contributed by atoms with E-state index in [1.54, 1.807) is 0 Å². The molecule has 23 heavy (non-hydrogen) atoms. The van der Waals surface area contributed by atoms with E-state index in [0.29, 0.717) is 13.1 Å². The average Bonchev–Trinajstić information content (AvgIpc) is 2.57. The summed E-state index contributed by atoms with van der Waals surface area (Å²) in [4.78, 5) is 16.5. The van der Waals surface area contributed by atoms with E-state index in [9.17, 15) is 9.90 Å². The minimum Gasteiger partial charge on any atom is -0.393 e. The highest BCUT2D eigenvalue weighted by atomic mass is 35.5. The Morgan fingerprint density at radius 2 is 1.83 bits per heavy atom. The Hall–Kier alpha value is -1.46. The Labute approximate surface area is 142 Å². The Bertz CT molecular complexity index is 538. The zero-order chi connectivity index (χ0) is 16.2. The monoisotopic (exact) mass is 337 g/mol. The van der Waals surface area contributed by atoms with Crippen LogP contribution in [0.3, 0.4) is 0 Å². The standard InChI is InChI=1S/C17H24ClN3O2/c18-13-2-1-3-15(12-13)20-8-10-21(11-9-20)17(23)19-14-4-6-16(22)7-5-14/h1-3,12,14,16,22H,4-11H2,(H,19,23). The van der Waals surface area contributed by atoms with Crippen LogP contribution in [0.1, 0.15) is 25.7 Å². The third-order valence-electron chi connectivity index (χ3n) is 4.76. The molecule has 2 fully saturated rings. The zero-order valence-corrected chi connectivity index (χ0v) is 14.0. The number of nitrogens with zero attached hydrogens (tertiary/aromatic N) is 2. The van der Waals surface area contributed by atoms with Crippen molar-refractivity contribution in [2.45, 2.75) is 37.8 Å². The number of carbonyl (C=O) groups is 1. The van der Waals surface area contributed by atoms with E-state index in [1.807, 2.05) is 23.1 Å². The van der Waals surface area contributed by atoms with Crippen LogP contribution in [0.4, 0.5) is 10.5 Å². The number of aliphatic hydroxyl groups is 1. The minimum atomic E-state index is -0.190. The molecule has 1 saturated heterocycles. The van der Waals surface area contributed by atoms with E-state index in [4.69, 9.17) is 11.6 Å². The molecule has 1 aliphatic carbocycles. The second-order valence-electron chi connectivity index (χ2n) is 6.41. The highest BCUT2D eigenvalue weighted by Gasteiger charge is 2.25. The number of anilines is 1. The molecular weight excluding hydrogens is 314 g/mol. The van der Waals surface area contributed by atoms with E-state index in [0.717, 1.165) is 49.5 Å². The van der Waals surface area contributed by atoms with Gasteiger partial charge in [-0.2, -0.15) is 0 Å². The van der Waals surface area contributed by atoms with Crippen molar-refractivity contribution < 1.29 is 9.90 Å². The first-order chi connectivity index (χ1) is 11.1. The van der Waals surface area contributed by atoms with Crippen molar-refractivity contribution in [2.75, 3.05) is 31.1 Å². The third kappa shape index (κ3) is 4.30. The van der Waals surface area contributed by atoms with Crippen molar-refractivity contribution in [3.8, 4) is 0 Å². The fourth-order valence-corrected chi connectivity index (χ4v) is 3.51. The third-order valence-corrected chi connectivity index (χ3v) is 5.00. The van der Waals surface area contributed by atoms with Crippen LogP contribution in [0, 0.1) is 0 Å². The van der Waals surface area contributed by atoms with E-state index in [1.165, 1.54) is 0 Å². The van der Waals surface area contributed by atoms with Gasteiger partial charge in [-0.1, -0.05) is 17.7 Å².